The first-order valence-electron chi connectivity index (χ1n) is 9.51. The van der Waals surface area contributed by atoms with Crippen molar-refractivity contribution in [1.29, 1.82) is 0 Å². The molecule has 1 fully saturated rings. The zero-order valence-electron chi connectivity index (χ0n) is 16.7. The number of benzene rings is 1. The number of hydrogen-bond acceptors (Lipinski definition) is 6. The number of aromatic carboxylic acids is 1. The van der Waals surface area contributed by atoms with Gasteiger partial charge in [0.05, 0.1) is 10.6 Å². The van der Waals surface area contributed by atoms with Crippen LogP contribution >= 0.6 is 11.6 Å². The van der Waals surface area contributed by atoms with E-state index in [-0.39, 0.29) is 11.7 Å². The average molecular weight is 416 g/mol. The van der Waals surface area contributed by atoms with Crippen LogP contribution in [0.1, 0.15) is 44.0 Å². The molecule has 3 rings (SSSR count). The highest BCUT2D eigenvalue weighted by molar-refractivity contribution is 6.39. The third kappa shape index (κ3) is 5.85. The van der Waals surface area contributed by atoms with Gasteiger partial charge in [-0.3, -0.25) is 0 Å². The Bertz CT molecular complexity index is 894. The number of carboxylic acids is 1. The monoisotopic (exact) mass is 415 g/mol. The van der Waals surface area contributed by atoms with Crippen LogP contribution in [0.3, 0.4) is 0 Å². The Morgan fingerprint density at radius 1 is 1.24 bits per heavy atom. The summed E-state index contributed by atoms with van der Waals surface area (Å²) in [7, 11) is 0. The standard InChI is InChI=1S/C21H26ClN5O2/c1-12(2)20(25-16-8-6-15(7-9-16)21(28)29)23-11-17(22)13(3)24-19-10-18(26-27-19)14-4-5-14/h6-11,14,19,24-27H,4-5H2,1-3H3,(H,28,29)/b17-13-,23-11?. The van der Waals surface area contributed by atoms with Crippen LogP contribution < -0.4 is 21.5 Å². The van der Waals surface area contributed by atoms with E-state index in [2.05, 4.69) is 32.6 Å². The molecule has 8 heteroatoms. The second kappa shape index (κ2) is 9.15. The van der Waals surface area contributed by atoms with Crippen LogP contribution in [-0.2, 0) is 0 Å². The number of nitrogens with one attached hydrogen (secondary N) is 4. The van der Waals surface area contributed by atoms with Crippen molar-refractivity contribution in [2.45, 2.75) is 39.8 Å². The number of hydrogen-bond donors (Lipinski definition) is 5. The van der Waals surface area contributed by atoms with Gasteiger partial charge in [0.15, 0.2) is 0 Å². The number of carbonyl (C=O) groups is 1. The lowest BCUT2D eigenvalue weighted by atomic mass is 10.2. The molecule has 1 aliphatic heterocycles. The predicted octanol–water partition coefficient (Wildman–Crippen LogP) is 3.91. The van der Waals surface area contributed by atoms with E-state index < -0.39 is 5.97 Å². The molecule has 0 radical (unpaired) electrons. The Balaban J connectivity index is 1.63. The summed E-state index contributed by atoms with van der Waals surface area (Å²) in [6.45, 7) is 5.78. The van der Waals surface area contributed by atoms with Gasteiger partial charge in [0.1, 0.15) is 12.0 Å². The van der Waals surface area contributed by atoms with Crippen molar-refractivity contribution in [3.8, 4) is 0 Å². The van der Waals surface area contributed by atoms with Crippen LogP contribution in [0, 0.1) is 5.92 Å². The highest BCUT2D eigenvalue weighted by atomic mass is 35.5. The van der Waals surface area contributed by atoms with E-state index in [1.54, 1.807) is 30.5 Å². The van der Waals surface area contributed by atoms with Crippen LogP contribution in [0.5, 0.6) is 0 Å². The summed E-state index contributed by atoms with van der Waals surface area (Å²) in [5.74, 6) is 0.352. The van der Waals surface area contributed by atoms with E-state index in [0.29, 0.717) is 16.8 Å². The molecule has 29 heavy (non-hydrogen) atoms. The van der Waals surface area contributed by atoms with Gasteiger partial charge in [-0.2, -0.15) is 0 Å². The number of nitrogens with zero attached hydrogens (tertiary/aromatic N) is 1. The lowest BCUT2D eigenvalue weighted by Gasteiger charge is -2.14. The molecule has 0 bridgehead atoms. The SMILES string of the molecule is CC(C)=C(N=C/C(Cl)=C(\C)NC1C=C(C2CC2)NN1)Nc1ccc(C(=O)O)cc1. The van der Waals surface area contributed by atoms with Gasteiger partial charge in [-0.25, -0.2) is 15.2 Å². The van der Waals surface area contributed by atoms with Gasteiger partial charge in [0, 0.05) is 23.3 Å². The summed E-state index contributed by atoms with van der Waals surface area (Å²) in [6.07, 6.45) is 6.21. The smallest absolute Gasteiger partial charge is 0.335 e. The molecule has 5 N–H and O–H groups in total. The minimum absolute atomic E-state index is 0.0125. The zero-order valence-corrected chi connectivity index (χ0v) is 17.5. The minimum Gasteiger partial charge on any atom is -0.478 e. The Kier molecular flexibility index (Phi) is 6.61. The fourth-order valence-electron chi connectivity index (χ4n) is 2.77. The lowest BCUT2D eigenvalue weighted by molar-refractivity contribution is 0.0697. The topological polar surface area (TPSA) is 97.8 Å². The molecule has 0 amide bonds. The van der Waals surface area contributed by atoms with Crippen molar-refractivity contribution in [3.05, 3.63) is 63.7 Å². The average Bonchev–Trinajstić information content (AvgIpc) is 3.44. The maximum absolute atomic E-state index is 11.0. The summed E-state index contributed by atoms with van der Waals surface area (Å²) >= 11 is 6.41. The van der Waals surface area contributed by atoms with E-state index >= 15 is 0 Å². The number of halogens is 1. The normalized spacial score (nSPS) is 19.3. The molecule has 1 heterocycles. The van der Waals surface area contributed by atoms with E-state index in [1.165, 1.54) is 18.5 Å². The first-order chi connectivity index (χ1) is 13.8. The third-order valence-corrected chi connectivity index (χ3v) is 5.02. The maximum Gasteiger partial charge on any atom is 0.335 e. The molecule has 0 saturated heterocycles. The van der Waals surface area contributed by atoms with Crippen molar-refractivity contribution in [1.82, 2.24) is 16.2 Å². The molecule has 1 unspecified atom stereocenters. The molecule has 0 aromatic heterocycles. The van der Waals surface area contributed by atoms with Crippen LogP contribution in [0.15, 0.2) is 63.2 Å². The number of allylic oxidation sites excluding steroid dienone is 4. The fraction of sp³-hybridized carbons (Fsp3) is 0.333. The Hall–Kier alpha value is -2.77. The molecule has 1 aliphatic carbocycles. The molecule has 7 nitrogen and oxygen atoms in total. The molecule has 1 atom stereocenters. The second-order valence-corrected chi connectivity index (χ2v) is 7.78. The molecule has 0 spiro atoms. The van der Waals surface area contributed by atoms with E-state index in [4.69, 9.17) is 16.7 Å². The molecule has 154 valence electrons. The first kappa shape index (κ1) is 21.0. The van der Waals surface area contributed by atoms with Gasteiger partial charge in [0.25, 0.3) is 0 Å². The summed E-state index contributed by atoms with van der Waals surface area (Å²) in [5.41, 5.74) is 10.4. The predicted molar refractivity (Wildman–Crippen MR) is 116 cm³/mol. The minimum atomic E-state index is -0.956. The zero-order chi connectivity index (χ0) is 21.0. The highest BCUT2D eigenvalue weighted by Crippen LogP contribution is 2.35. The van der Waals surface area contributed by atoms with Gasteiger partial charge in [-0.05, 0) is 75.4 Å². The summed E-state index contributed by atoms with van der Waals surface area (Å²) in [5, 5.41) is 16.0. The first-order valence-corrected chi connectivity index (χ1v) is 9.89. The van der Waals surface area contributed by atoms with Gasteiger partial charge in [0.2, 0.25) is 0 Å². The van der Waals surface area contributed by atoms with Gasteiger partial charge in [-0.1, -0.05) is 11.6 Å². The third-order valence-electron chi connectivity index (χ3n) is 4.64. The number of hydrazine groups is 1. The fourth-order valence-corrected chi connectivity index (χ4v) is 2.88. The van der Waals surface area contributed by atoms with Crippen LogP contribution in [0.2, 0.25) is 0 Å². The van der Waals surface area contributed by atoms with E-state index in [1.807, 2.05) is 20.8 Å². The van der Waals surface area contributed by atoms with Crippen molar-refractivity contribution >= 4 is 29.5 Å². The molecule has 1 aromatic carbocycles. The van der Waals surface area contributed by atoms with Crippen LogP contribution in [0.4, 0.5) is 5.69 Å². The van der Waals surface area contributed by atoms with Crippen molar-refractivity contribution in [3.63, 3.8) is 0 Å². The molecular formula is C21H26ClN5O2. The van der Waals surface area contributed by atoms with Gasteiger partial charge < -0.3 is 21.2 Å². The van der Waals surface area contributed by atoms with Crippen LogP contribution in [0.25, 0.3) is 0 Å². The summed E-state index contributed by atoms with van der Waals surface area (Å²) in [6, 6.07) is 6.50. The second-order valence-electron chi connectivity index (χ2n) is 7.37. The Morgan fingerprint density at radius 3 is 2.52 bits per heavy atom. The molecular weight excluding hydrogens is 390 g/mol. The summed E-state index contributed by atoms with van der Waals surface area (Å²) in [4.78, 5) is 15.4. The quantitative estimate of drug-likeness (QED) is 0.413. The summed E-state index contributed by atoms with van der Waals surface area (Å²) < 4.78 is 0. The van der Waals surface area contributed by atoms with E-state index in [9.17, 15) is 4.79 Å². The van der Waals surface area contributed by atoms with Crippen molar-refractivity contribution in [2.75, 3.05) is 5.32 Å². The van der Waals surface area contributed by atoms with Crippen LogP contribution in [-0.4, -0.2) is 23.5 Å². The number of carboxylic acid groups (broad SMARTS) is 1. The van der Waals surface area contributed by atoms with E-state index in [0.717, 1.165) is 17.0 Å². The Morgan fingerprint density at radius 2 is 1.93 bits per heavy atom. The Labute approximate surface area is 175 Å². The largest absolute Gasteiger partial charge is 0.478 e. The molecule has 2 aliphatic rings. The number of aliphatic imine (C=N–C) groups is 1. The van der Waals surface area contributed by atoms with Gasteiger partial charge >= 0.3 is 5.97 Å². The highest BCUT2D eigenvalue weighted by Gasteiger charge is 2.29. The molecule has 1 saturated carbocycles. The van der Waals surface area contributed by atoms with Crippen molar-refractivity contribution in [2.24, 2.45) is 10.9 Å². The molecule has 1 aromatic rings. The lowest BCUT2D eigenvalue weighted by Crippen LogP contribution is -2.41. The van der Waals surface area contributed by atoms with Crippen molar-refractivity contribution < 1.29 is 9.90 Å². The maximum atomic E-state index is 11.0. The van der Waals surface area contributed by atoms with Gasteiger partial charge in [-0.15, -0.1) is 0 Å². The number of rotatable bonds is 8. The number of anilines is 1.